The van der Waals surface area contributed by atoms with Crippen LogP contribution < -0.4 is 10.6 Å². The molecule has 0 saturated heterocycles. The van der Waals surface area contributed by atoms with Crippen LogP contribution in [0.1, 0.15) is 45.4 Å². The fourth-order valence-electron chi connectivity index (χ4n) is 1.46. The van der Waals surface area contributed by atoms with Crippen LogP contribution in [-0.4, -0.2) is 23.3 Å². The predicted octanol–water partition coefficient (Wildman–Crippen LogP) is 1.93. The molecule has 0 radical (unpaired) electrons. The van der Waals surface area contributed by atoms with Gasteiger partial charge in [-0.15, -0.1) is 5.10 Å². The van der Waals surface area contributed by atoms with Gasteiger partial charge in [-0.05, 0) is 12.8 Å². The molecular weight excluding hydrogens is 204 g/mol. The quantitative estimate of drug-likeness (QED) is 0.733. The molecule has 1 heterocycles. The Balaban J connectivity index is 2.58. The summed E-state index contributed by atoms with van der Waals surface area (Å²) in [7, 11) is 0. The van der Waals surface area contributed by atoms with E-state index in [4.69, 9.17) is 10.2 Å². The molecule has 0 spiro atoms. The zero-order valence-corrected chi connectivity index (χ0v) is 10.3. The molecule has 0 unspecified atom stereocenters. The lowest BCUT2D eigenvalue weighted by Crippen LogP contribution is -2.25. The van der Waals surface area contributed by atoms with E-state index in [0.717, 1.165) is 25.9 Å². The Labute approximate surface area is 97.0 Å². The van der Waals surface area contributed by atoms with E-state index < -0.39 is 0 Å². The van der Waals surface area contributed by atoms with Crippen LogP contribution in [0, 0.1) is 0 Å². The molecule has 0 amide bonds. The minimum Gasteiger partial charge on any atom is -0.407 e. The van der Waals surface area contributed by atoms with Crippen molar-refractivity contribution < 1.29 is 4.42 Å². The molecule has 1 aromatic rings. The third kappa shape index (κ3) is 3.81. The Morgan fingerprint density at radius 2 is 1.75 bits per heavy atom. The highest BCUT2D eigenvalue weighted by Crippen LogP contribution is 2.13. The molecule has 2 N–H and O–H groups in total. The summed E-state index contributed by atoms with van der Waals surface area (Å²) in [6.07, 6.45) is 4.62. The van der Waals surface area contributed by atoms with Crippen molar-refractivity contribution >= 4 is 6.01 Å². The monoisotopic (exact) mass is 226 g/mol. The highest BCUT2D eigenvalue weighted by molar-refractivity contribution is 5.23. The first-order chi connectivity index (χ1) is 7.81. The molecule has 5 nitrogen and oxygen atoms in total. The summed E-state index contributed by atoms with van der Waals surface area (Å²) in [5.41, 5.74) is 5.45. The van der Waals surface area contributed by atoms with Gasteiger partial charge in [-0.25, -0.2) is 0 Å². The molecule has 0 atom stereocenters. The van der Waals surface area contributed by atoms with E-state index in [1.165, 1.54) is 12.8 Å². The van der Waals surface area contributed by atoms with Crippen molar-refractivity contribution in [1.82, 2.24) is 10.2 Å². The Bertz CT molecular complexity index is 279. The van der Waals surface area contributed by atoms with E-state index in [0.29, 0.717) is 18.5 Å². The molecule has 0 saturated carbocycles. The van der Waals surface area contributed by atoms with Crippen molar-refractivity contribution in [3.05, 3.63) is 5.89 Å². The fraction of sp³-hybridized carbons (Fsp3) is 0.818. The van der Waals surface area contributed by atoms with Crippen LogP contribution in [0.2, 0.25) is 0 Å². The van der Waals surface area contributed by atoms with Crippen LogP contribution in [0.3, 0.4) is 0 Å². The molecule has 0 aliphatic heterocycles. The number of hydrogen-bond acceptors (Lipinski definition) is 5. The summed E-state index contributed by atoms with van der Waals surface area (Å²) in [6.45, 7) is 6.61. The van der Waals surface area contributed by atoms with Gasteiger partial charge in [-0.2, -0.15) is 0 Å². The first-order valence-corrected chi connectivity index (χ1v) is 6.09. The second-order valence-corrected chi connectivity index (χ2v) is 3.88. The number of hydrogen-bond donors (Lipinski definition) is 1. The van der Waals surface area contributed by atoms with Crippen LogP contribution in [-0.2, 0) is 6.54 Å². The van der Waals surface area contributed by atoms with E-state index >= 15 is 0 Å². The molecule has 0 bridgehead atoms. The van der Waals surface area contributed by atoms with E-state index in [-0.39, 0.29) is 0 Å². The van der Waals surface area contributed by atoms with E-state index in [1.807, 2.05) is 0 Å². The number of aromatic nitrogens is 2. The van der Waals surface area contributed by atoms with Crippen molar-refractivity contribution in [2.45, 2.75) is 46.1 Å². The van der Waals surface area contributed by atoms with E-state index in [2.05, 4.69) is 28.9 Å². The molecule has 0 aliphatic carbocycles. The van der Waals surface area contributed by atoms with Crippen molar-refractivity contribution in [1.29, 1.82) is 0 Å². The third-order valence-electron chi connectivity index (χ3n) is 2.46. The smallest absolute Gasteiger partial charge is 0.318 e. The topological polar surface area (TPSA) is 68.2 Å². The average molecular weight is 226 g/mol. The van der Waals surface area contributed by atoms with Gasteiger partial charge in [-0.3, -0.25) is 0 Å². The minimum atomic E-state index is 0.308. The number of unbranched alkanes of at least 4 members (excludes halogenated alkanes) is 2. The molecule has 0 aliphatic rings. The van der Waals surface area contributed by atoms with E-state index in [9.17, 15) is 0 Å². The largest absolute Gasteiger partial charge is 0.407 e. The Morgan fingerprint density at radius 1 is 1.12 bits per heavy atom. The molecule has 16 heavy (non-hydrogen) atoms. The second-order valence-electron chi connectivity index (χ2n) is 3.88. The summed E-state index contributed by atoms with van der Waals surface area (Å²) in [6, 6.07) is 0.613. The number of nitrogens with zero attached hydrogens (tertiary/aromatic N) is 3. The van der Waals surface area contributed by atoms with Crippen LogP contribution >= 0.6 is 0 Å². The average Bonchev–Trinajstić information content (AvgIpc) is 2.78. The summed E-state index contributed by atoms with van der Waals surface area (Å²) in [5, 5.41) is 7.91. The summed E-state index contributed by atoms with van der Waals surface area (Å²) in [5.74, 6) is 0.507. The summed E-state index contributed by atoms with van der Waals surface area (Å²) in [4.78, 5) is 2.15. The SMILES string of the molecule is CCCCN(CCCC)c1nnc(CN)o1. The Kier molecular flexibility index (Phi) is 5.85. The molecule has 5 heteroatoms. The van der Waals surface area contributed by atoms with Crippen molar-refractivity contribution in [3.8, 4) is 0 Å². The Morgan fingerprint density at radius 3 is 2.19 bits per heavy atom. The highest BCUT2D eigenvalue weighted by atomic mass is 16.4. The van der Waals surface area contributed by atoms with Crippen LogP contribution in [0.25, 0.3) is 0 Å². The van der Waals surface area contributed by atoms with Crippen molar-refractivity contribution in [2.75, 3.05) is 18.0 Å². The van der Waals surface area contributed by atoms with Gasteiger partial charge >= 0.3 is 6.01 Å². The lowest BCUT2D eigenvalue weighted by Gasteiger charge is -2.19. The lowest BCUT2D eigenvalue weighted by atomic mass is 10.3. The predicted molar refractivity (Wildman–Crippen MR) is 64.2 cm³/mol. The fourth-order valence-corrected chi connectivity index (χ4v) is 1.46. The normalized spacial score (nSPS) is 10.7. The van der Waals surface area contributed by atoms with Crippen molar-refractivity contribution in [2.24, 2.45) is 5.73 Å². The van der Waals surface area contributed by atoms with Gasteiger partial charge in [0, 0.05) is 13.1 Å². The van der Waals surface area contributed by atoms with Gasteiger partial charge in [0.15, 0.2) is 0 Å². The van der Waals surface area contributed by atoms with Crippen LogP contribution in [0.5, 0.6) is 0 Å². The van der Waals surface area contributed by atoms with Gasteiger partial charge in [0.25, 0.3) is 0 Å². The lowest BCUT2D eigenvalue weighted by molar-refractivity contribution is 0.479. The highest BCUT2D eigenvalue weighted by Gasteiger charge is 2.12. The van der Waals surface area contributed by atoms with Crippen LogP contribution in [0.4, 0.5) is 6.01 Å². The van der Waals surface area contributed by atoms with Gasteiger partial charge < -0.3 is 15.1 Å². The first-order valence-electron chi connectivity index (χ1n) is 6.09. The molecule has 92 valence electrons. The number of nitrogens with two attached hydrogens (primary N) is 1. The molecular formula is C11H22N4O. The minimum absolute atomic E-state index is 0.308. The zero-order valence-electron chi connectivity index (χ0n) is 10.3. The van der Waals surface area contributed by atoms with Crippen LogP contribution in [0.15, 0.2) is 4.42 Å². The maximum absolute atomic E-state index is 5.47. The van der Waals surface area contributed by atoms with Gasteiger partial charge in [0.05, 0.1) is 6.54 Å². The second kappa shape index (κ2) is 7.22. The third-order valence-corrected chi connectivity index (χ3v) is 2.46. The molecule has 1 aromatic heterocycles. The number of rotatable bonds is 8. The molecule has 0 aromatic carbocycles. The van der Waals surface area contributed by atoms with Gasteiger partial charge in [0.1, 0.15) is 0 Å². The number of anilines is 1. The van der Waals surface area contributed by atoms with E-state index in [1.54, 1.807) is 0 Å². The first kappa shape index (κ1) is 13.0. The van der Waals surface area contributed by atoms with Gasteiger partial charge in [-0.1, -0.05) is 31.8 Å². The van der Waals surface area contributed by atoms with Gasteiger partial charge in [0.2, 0.25) is 5.89 Å². The molecule has 1 rings (SSSR count). The molecule has 0 fully saturated rings. The Hall–Kier alpha value is -1.10. The van der Waals surface area contributed by atoms with Crippen molar-refractivity contribution in [3.63, 3.8) is 0 Å². The zero-order chi connectivity index (χ0) is 11.8. The summed E-state index contributed by atoms with van der Waals surface area (Å²) < 4.78 is 5.47. The maximum Gasteiger partial charge on any atom is 0.318 e. The standard InChI is InChI=1S/C11H22N4O/c1-3-5-7-15(8-6-4-2)11-14-13-10(9-12)16-11/h3-9,12H2,1-2H3. The summed E-state index contributed by atoms with van der Waals surface area (Å²) >= 11 is 0. The maximum atomic E-state index is 5.47.